The highest BCUT2D eigenvalue weighted by molar-refractivity contribution is 5.96. The Labute approximate surface area is 134 Å². The second kappa shape index (κ2) is 6.64. The smallest absolute Gasteiger partial charge is 0.273 e. The lowest BCUT2D eigenvalue weighted by Crippen LogP contribution is -2.41. The van der Waals surface area contributed by atoms with Gasteiger partial charge in [-0.25, -0.2) is 0 Å². The largest absolute Gasteiger partial charge is 0.350 e. The van der Waals surface area contributed by atoms with E-state index in [-0.39, 0.29) is 17.9 Å². The van der Waals surface area contributed by atoms with Crippen molar-refractivity contribution in [3.8, 4) is 0 Å². The van der Waals surface area contributed by atoms with Gasteiger partial charge in [0, 0.05) is 36.2 Å². The second-order valence-electron chi connectivity index (χ2n) is 5.95. The number of hydrogen-bond acceptors (Lipinski definition) is 5. The third kappa shape index (κ3) is 3.20. The van der Waals surface area contributed by atoms with Crippen LogP contribution in [0.25, 0.3) is 0 Å². The van der Waals surface area contributed by atoms with Crippen LogP contribution < -0.4 is 0 Å². The molecule has 0 aromatic heterocycles. The zero-order valence-corrected chi connectivity index (χ0v) is 13.1. The van der Waals surface area contributed by atoms with Crippen molar-refractivity contribution in [1.82, 2.24) is 4.90 Å². The maximum atomic E-state index is 12.7. The number of carbonyl (C=O) groups is 1. The number of nitro groups is 1. The molecule has 0 bridgehead atoms. The van der Waals surface area contributed by atoms with Crippen LogP contribution in [0.15, 0.2) is 18.2 Å². The molecule has 1 aromatic rings. The van der Waals surface area contributed by atoms with Gasteiger partial charge in [-0.15, -0.1) is 0 Å². The van der Waals surface area contributed by atoms with Crippen molar-refractivity contribution >= 4 is 11.6 Å². The summed E-state index contributed by atoms with van der Waals surface area (Å²) in [6.07, 6.45) is 1.50. The third-order valence-corrected chi connectivity index (χ3v) is 4.59. The summed E-state index contributed by atoms with van der Waals surface area (Å²) in [6, 6.07) is 4.64. The molecule has 3 rings (SSSR count). The second-order valence-corrected chi connectivity index (χ2v) is 5.95. The van der Waals surface area contributed by atoms with Gasteiger partial charge in [-0.05, 0) is 25.8 Å². The highest BCUT2D eigenvalue weighted by Crippen LogP contribution is 2.28. The van der Waals surface area contributed by atoms with Crippen LogP contribution in [0.2, 0.25) is 0 Å². The zero-order valence-electron chi connectivity index (χ0n) is 13.1. The summed E-state index contributed by atoms with van der Waals surface area (Å²) in [7, 11) is 0. The number of hydrogen-bond donors (Lipinski definition) is 0. The minimum absolute atomic E-state index is 0.0153. The molecule has 2 aliphatic heterocycles. The maximum absolute atomic E-state index is 12.7. The lowest BCUT2D eigenvalue weighted by atomic mass is 9.95. The fourth-order valence-electron chi connectivity index (χ4n) is 3.25. The van der Waals surface area contributed by atoms with Crippen molar-refractivity contribution in [3.05, 3.63) is 39.4 Å². The first kappa shape index (κ1) is 15.9. The molecule has 2 saturated heterocycles. The van der Waals surface area contributed by atoms with Crippen LogP contribution >= 0.6 is 0 Å². The molecular formula is C16H20N2O5. The van der Waals surface area contributed by atoms with Crippen molar-refractivity contribution < 1.29 is 19.2 Å². The van der Waals surface area contributed by atoms with Crippen molar-refractivity contribution in [2.24, 2.45) is 5.92 Å². The van der Waals surface area contributed by atoms with Gasteiger partial charge in [0.1, 0.15) is 0 Å². The van der Waals surface area contributed by atoms with Gasteiger partial charge in [0.2, 0.25) is 0 Å². The van der Waals surface area contributed by atoms with E-state index in [1.54, 1.807) is 24.0 Å². The third-order valence-electron chi connectivity index (χ3n) is 4.59. The molecule has 0 N–H and O–H groups in total. The predicted octanol–water partition coefficient (Wildman–Crippen LogP) is 2.13. The molecule has 0 atom stereocenters. The van der Waals surface area contributed by atoms with E-state index >= 15 is 0 Å². The summed E-state index contributed by atoms with van der Waals surface area (Å²) >= 11 is 0. The van der Waals surface area contributed by atoms with E-state index in [1.165, 1.54) is 6.07 Å². The number of amides is 1. The number of nitrogens with zero attached hydrogens (tertiary/aromatic N) is 2. The van der Waals surface area contributed by atoms with Crippen LogP contribution in [0, 0.1) is 23.0 Å². The fraction of sp³-hybridized carbons (Fsp3) is 0.562. The lowest BCUT2D eigenvalue weighted by molar-refractivity contribution is -0.385. The number of piperidine rings is 1. The quantitative estimate of drug-likeness (QED) is 0.629. The average molecular weight is 320 g/mol. The Morgan fingerprint density at radius 3 is 2.52 bits per heavy atom. The number of carbonyl (C=O) groups excluding carboxylic acids is 1. The zero-order chi connectivity index (χ0) is 16.4. The fourth-order valence-corrected chi connectivity index (χ4v) is 3.25. The van der Waals surface area contributed by atoms with Crippen LogP contribution in [0.3, 0.4) is 0 Å². The van der Waals surface area contributed by atoms with Gasteiger partial charge in [-0.2, -0.15) is 0 Å². The van der Waals surface area contributed by atoms with Crippen LogP contribution in [-0.2, 0) is 9.47 Å². The van der Waals surface area contributed by atoms with Crippen LogP contribution in [0.5, 0.6) is 0 Å². The molecule has 1 aromatic carbocycles. The van der Waals surface area contributed by atoms with E-state index < -0.39 is 4.92 Å². The first-order valence-electron chi connectivity index (χ1n) is 7.84. The van der Waals surface area contributed by atoms with Gasteiger partial charge in [0.25, 0.3) is 11.6 Å². The molecule has 124 valence electrons. The van der Waals surface area contributed by atoms with Gasteiger partial charge < -0.3 is 14.4 Å². The highest BCUT2D eigenvalue weighted by Gasteiger charge is 2.32. The van der Waals surface area contributed by atoms with E-state index in [9.17, 15) is 14.9 Å². The van der Waals surface area contributed by atoms with E-state index in [0.29, 0.717) is 43.3 Å². The molecule has 0 spiro atoms. The molecular weight excluding hydrogens is 300 g/mol. The molecule has 2 heterocycles. The molecule has 2 fully saturated rings. The van der Waals surface area contributed by atoms with E-state index in [0.717, 1.165) is 12.8 Å². The first-order valence-corrected chi connectivity index (χ1v) is 7.84. The maximum Gasteiger partial charge on any atom is 0.273 e. The monoisotopic (exact) mass is 320 g/mol. The summed E-state index contributed by atoms with van der Waals surface area (Å²) in [4.78, 5) is 25.0. The minimum atomic E-state index is -0.451. The molecule has 0 unspecified atom stereocenters. The van der Waals surface area contributed by atoms with Crippen molar-refractivity contribution in [2.45, 2.75) is 26.1 Å². The molecule has 0 radical (unpaired) electrons. The minimum Gasteiger partial charge on any atom is -0.350 e. The highest BCUT2D eigenvalue weighted by atomic mass is 16.7. The number of benzene rings is 1. The number of nitro benzene ring substituents is 1. The van der Waals surface area contributed by atoms with E-state index in [2.05, 4.69) is 0 Å². The van der Waals surface area contributed by atoms with Gasteiger partial charge in [-0.1, -0.05) is 6.07 Å². The molecule has 1 amide bonds. The summed E-state index contributed by atoms with van der Waals surface area (Å²) in [6.45, 7) is 4.13. The Morgan fingerprint density at radius 2 is 1.91 bits per heavy atom. The Hall–Kier alpha value is -1.99. The van der Waals surface area contributed by atoms with Crippen LogP contribution in [-0.4, -0.2) is 48.3 Å². The molecule has 2 aliphatic rings. The van der Waals surface area contributed by atoms with Crippen LogP contribution in [0.4, 0.5) is 5.69 Å². The van der Waals surface area contributed by atoms with Gasteiger partial charge in [-0.3, -0.25) is 14.9 Å². The topological polar surface area (TPSA) is 81.9 Å². The van der Waals surface area contributed by atoms with Crippen molar-refractivity contribution in [2.75, 3.05) is 26.3 Å². The standard InChI is InChI=1S/C16H20N2O5/c1-11-13(3-2-4-14(11)18(20)21)15(19)17-7-5-12(6-8-17)16-22-9-10-23-16/h2-4,12,16H,5-10H2,1H3. The first-order chi connectivity index (χ1) is 11.1. The molecule has 7 nitrogen and oxygen atoms in total. The van der Waals surface area contributed by atoms with Crippen LogP contribution in [0.1, 0.15) is 28.8 Å². The Kier molecular flexibility index (Phi) is 4.58. The molecule has 7 heteroatoms. The van der Waals surface area contributed by atoms with Gasteiger partial charge in [0.15, 0.2) is 6.29 Å². The van der Waals surface area contributed by atoms with Crippen molar-refractivity contribution in [3.63, 3.8) is 0 Å². The lowest BCUT2D eigenvalue weighted by Gasteiger charge is -2.34. The summed E-state index contributed by atoms with van der Waals surface area (Å²) < 4.78 is 11.1. The predicted molar refractivity (Wildman–Crippen MR) is 82.2 cm³/mol. The summed E-state index contributed by atoms with van der Waals surface area (Å²) in [5.74, 6) is 0.172. The average Bonchev–Trinajstić information content (AvgIpc) is 3.09. The molecule has 23 heavy (non-hydrogen) atoms. The van der Waals surface area contributed by atoms with E-state index in [4.69, 9.17) is 9.47 Å². The SMILES string of the molecule is Cc1c(C(=O)N2CCC(C3OCCO3)CC2)cccc1[N+](=O)[O-]. The molecule has 0 saturated carbocycles. The number of rotatable bonds is 3. The van der Waals surface area contributed by atoms with Gasteiger partial charge >= 0.3 is 0 Å². The van der Waals surface area contributed by atoms with E-state index in [1.807, 2.05) is 0 Å². The Bertz CT molecular complexity index is 604. The normalized spacial score (nSPS) is 20.0. The summed E-state index contributed by atoms with van der Waals surface area (Å²) in [5.41, 5.74) is 0.816. The Balaban J connectivity index is 1.68. The van der Waals surface area contributed by atoms with Crippen molar-refractivity contribution in [1.29, 1.82) is 0 Å². The molecule has 0 aliphatic carbocycles. The number of ether oxygens (including phenoxy) is 2. The summed E-state index contributed by atoms with van der Waals surface area (Å²) in [5, 5.41) is 11.0. The van der Waals surface area contributed by atoms with Gasteiger partial charge in [0.05, 0.1) is 18.1 Å². The number of likely N-dealkylation sites (tertiary alicyclic amines) is 1. The Morgan fingerprint density at radius 1 is 1.26 bits per heavy atom.